The van der Waals surface area contributed by atoms with E-state index >= 15 is 0 Å². The van der Waals surface area contributed by atoms with Crippen LogP contribution in [0.5, 0.6) is 0 Å². The monoisotopic (exact) mass is 417 g/mol. The minimum Gasteiger partial charge on any atom is -0.379 e. The van der Waals surface area contributed by atoms with Crippen LogP contribution in [0.1, 0.15) is 16.1 Å². The lowest BCUT2D eigenvalue weighted by Gasteiger charge is -2.25. The lowest BCUT2D eigenvalue weighted by atomic mass is 10.2. The van der Waals surface area contributed by atoms with Crippen LogP contribution in [0.15, 0.2) is 35.4 Å². The second kappa shape index (κ2) is 7.98. The molecule has 0 radical (unpaired) electrons. The van der Waals surface area contributed by atoms with Gasteiger partial charge in [-0.05, 0) is 23.8 Å². The van der Waals surface area contributed by atoms with Crippen molar-refractivity contribution in [2.24, 2.45) is 0 Å². The average molecular weight is 418 g/mol. The van der Waals surface area contributed by atoms with Gasteiger partial charge in [0.15, 0.2) is 0 Å². The molecule has 3 rings (SSSR count). The minimum absolute atomic E-state index is 0.0501. The highest BCUT2D eigenvalue weighted by Crippen LogP contribution is 2.21. The van der Waals surface area contributed by atoms with Crippen LogP contribution in [0.2, 0.25) is 10.0 Å². The van der Waals surface area contributed by atoms with Crippen LogP contribution < -0.4 is 5.32 Å². The summed E-state index contributed by atoms with van der Waals surface area (Å²) in [6.45, 7) is 1.51. The zero-order valence-electron chi connectivity index (χ0n) is 13.7. The minimum atomic E-state index is -3.65. The molecule has 0 bridgehead atoms. The van der Waals surface area contributed by atoms with E-state index in [1.165, 1.54) is 16.6 Å². The lowest BCUT2D eigenvalue weighted by molar-refractivity contribution is 0.0730. The summed E-state index contributed by atoms with van der Waals surface area (Å²) < 4.78 is 31.6. The number of morpholine rings is 1. The van der Waals surface area contributed by atoms with Crippen LogP contribution in [-0.4, -0.2) is 49.9 Å². The zero-order chi connectivity index (χ0) is 18.7. The second-order valence-electron chi connectivity index (χ2n) is 5.68. The fourth-order valence-electron chi connectivity index (χ4n) is 2.53. The third-order valence-electron chi connectivity index (χ3n) is 3.96. The molecule has 0 unspecified atom stereocenters. The SMILES string of the molecule is O=C(NCc1ccc(Cl)cc1Cl)c1cc(S(=O)(=O)N2CCOCC2)c[nH]1. The van der Waals surface area contributed by atoms with Crippen molar-refractivity contribution in [3.05, 3.63) is 51.8 Å². The first-order valence-electron chi connectivity index (χ1n) is 7.86. The van der Waals surface area contributed by atoms with Crippen molar-refractivity contribution in [3.63, 3.8) is 0 Å². The van der Waals surface area contributed by atoms with Crippen LogP contribution in [0, 0.1) is 0 Å². The first-order valence-corrected chi connectivity index (χ1v) is 10.1. The molecule has 7 nitrogen and oxygen atoms in total. The van der Waals surface area contributed by atoms with Gasteiger partial charge >= 0.3 is 0 Å². The van der Waals surface area contributed by atoms with Gasteiger partial charge in [-0.2, -0.15) is 4.31 Å². The molecule has 1 aliphatic heterocycles. The van der Waals surface area contributed by atoms with Gasteiger partial charge in [-0.1, -0.05) is 29.3 Å². The van der Waals surface area contributed by atoms with Crippen molar-refractivity contribution >= 4 is 39.1 Å². The molecule has 0 atom stereocenters. The number of ether oxygens (including phenoxy) is 1. The number of halogens is 2. The number of amides is 1. The average Bonchev–Trinajstić information content (AvgIpc) is 3.12. The van der Waals surface area contributed by atoms with Crippen molar-refractivity contribution in [1.29, 1.82) is 0 Å². The van der Waals surface area contributed by atoms with Crippen LogP contribution in [0.25, 0.3) is 0 Å². The van der Waals surface area contributed by atoms with E-state index in [2.05, 4.69) is 10.3 Å². The molecule has 1 fully saturated rings. The molecular formula is C16H17Cl2N3O4S. The molecule has 140 valence electrons. The van der Waals surface area contributed by atoms with E-state index in [0.29, 0.717) is 41.9 Å². The Hall–Kier alpha value is -1.58. The van der Waals surface area contributed by atoms with E-state index in [1.807, 2.05) is 0 Å². The molecular weight excluding hydrogens is 401 g/mol. The number of benzene rings is 1. The third-order valence-corrected chi connectivity index (χ3v) is 6.43. The molecule has 2 aromatic rings. The van der Waals surface area contributed by atoms with E-state index in [9.17, 15) is 13.2 Å². The standard InChI is InChI=1S/C16H17Cl2N3O4S/c17-12-2-1-11(14(18)7-12)9-20-16(22)15-8-13(10-19-15)26(23,24)21-3-5-25-6-4-21/h1-2,7-8,10,19H,3-6,9H2,(H,20,22). The molecule has 0 spiro atoms. The predicted octanol–water partition coefficient (Wildman–Crippen LogP) is 2.27. The Kier molecular flexibility index (Phi) is 5.89. The van der Waals surface area contributed by atoms with Crippen LogP contribution in [0.3, 0.4) is 0 Å². The Morgan fingerprint density at radius 1 is 1.23 bits per heavy atom. The van der Waals surface area contributed by atoms with Crippen LogP contribution in [-0.2, 0) is 21.3 Å². The van der Waals surface area contributed by atoms with Crippen LogP contribution >= 0.6 is 23.2 Å². The first-order chi connectivity index (χ1) is 12.4. The molecule has 1 saturated heterocycles. The van der Waals surface area contributed by atoms with Gasteiger partial charge in [0.05, 0.1) is 13.2 Å². The fraction of sp³-hybridized carbons (Fsp3) is 0.312. The molecule has 2 N–H and O–H groups in total. The van der Waals surface area contributed by atoms with Crippen molar-refractivity contribution in [3.8, 4) is 0 Å². The number of H-pyrrole nitrogens is 1. The molecule has 10 heteroatoms. The Labute approximate surface area is 161 Å². The van der Waals surface area contributed by atoms with Gasteiger partial charge in [-0.3, -0.25) is 4.79 Å². The molecule has 0 saturated carbocycles. The number of carbonyl (C=O) groups is 1. The summed E-state index contributed by atoms with van der Waals surface area (Å²) in [7, 11) is -3.65. The van der Waals surface area contributed by atoms with E-state index in [0.717, 1.165) is 0 Å². The summed E-state index contributed by atoms with van der Waals surface area (Å²) >= 11 is 11.9. The Balaban J connectivity index is 1.67. The molecule has 2 heterocycles. The first kappa shape index (κ1) is 19.2. The third kappa shape index (κ3) is 4.21. The number of nitrogens with one attached hydrogen (secondary N) is 2. The van der Waals surface area contributed by atoms with Gasteiger partial charge in [0.2, 0.25) is 10.0 Å². The van der Waals surface area contributed by atoms with Crippen molar-refractivity contribution < 1.29 is 17.9 Å². The number of nitrogens with zero attached hydrogens (tertiary/aromatic N) is 1. The maximum atomic E-state index is 12.6. The molecule has 1 amide bonds. The number of rotatable bonds is 5. The smallest absolute Gasteiger partial charge is 0.268 e. The van der Waals surface area contributed by atoms with E-state index in [4.69, 9.17) is 27.9 Å². The normalized spacial score (nSPS) is 15.8. The molecule has 1 aliphatic rings. The Morgan fingerprint density at radius 2 is 1.96 bits per heavy atom. The molecule has 0 aliphatic carbocycles. The van der Waals surface area contributed by atoms with E-state index < -0.39 is 15.9 Å². The number of aromatic amines is 1. The number of aromatic nitrogens is 1. The van der Waals surface area contributed by atoms with Crippen molar-refractivity contribution in [2.75, 3.05) is 26.3 Å². The van der Waals surface area contributed by atoms with Gasteiger partial charge in [0.25, 0.3) is 5.91 Å². The second-order valence-corrected chi connectivity index (χ2v) is 8.47. The summed E-state index contributed by atoms with van der Waals surface area (Å²) in [6.07, 6.45) is 1.31. The molecule has 1 aromatic carbocycles. The number of sulfonamides is 1. The van der Waals surface area contributed by atoms with Crippen molar-refractivity contribution in [1.82, 2.24) is 14.6 Å². The summed E-state index contributed by atoms with van der Waals surface area (Å²) in [5, 5.41) is 3.64. The zero-order valence-corrected chi connectivity index (χ0v) is 16.0. The highest BCUT2D eigenvalue weighted by Gasteiger charge is 2.27. The van der Waals surface area contributed by atoms with Gasteiger partial charge in [0, 0.05) is 35.9 Å². The summed E-state index contributed by atoms with van der Waals surface area (Å²) in [5.41, 5.74) is 0.860. The van der Waals surface area contributed by atoms with E-state index in [-0.39, 0.29) is 17.1 Å². The highest BCUT2D eigenvalue weighted by atomic mass is 35.5. The molecule has 26 heavy (non-hydrogen) atoms. The highest BCUT2D eigenvalue weighted by molar-refractivity contribution is 7.89. The van der Waals surface area contributed by atoms with Gasteiger partial charge in [-0.25, -0.2) is 8.42 Å². The topological polar surface area (TPSA) is 91.5 Å². The molecule has 1 aromatic heterocycles. The van der Waals surface area contributed by atoms with Crippen LogP contribution in [0.4, 0.5) is 0 Å². The van der Waals surface area contributed by atoms with Gasteiger partial charge < -0.3 is 15.0 Å². The van der Waals surface area contributed by atoms with Gasteiger partial charge in [0.1, 0.15) is 10.6 Å². The summed E-state index contributed by atoms with van der Waals surface area (Å²) in [5.74, 6) is -0.431. The maximum absolute atomic E-state index is 12.6. The quantitative estimate of drug-likeness (QED) is 0.780. The number of hydrogen-bond acceptors (Lipinski definition) is 4. The number of carbonyl (C=O) groups excluding carboxylic acids is 1. The fourth-order valence-corrected chi connectivity index (χ4v) is 4.40. The lowest BCUT2D eigenvalue weighted by Crippen LogP contribution is -2.40. The summed E-state index contributed by atoms with van der Waals surface area (Å²) in [6, 6.07) is 6.31. The summed E-state index contributed by atoms with van der Waals surface area (Å²) in [4.78, 5) is 15.0. The maximum Gasteiger partial charge on any atom is 0.268 e. The van der Waals surface area contributed by atoms with Gasteiger partial charge in [-0.15, -0.1) is 0 Å². The predicted molar refractivity (Wildman–Crippen MR) is 98.0 cm³/mol. The Bertz CT molecular complexity index is 908. The Morgan fingerprint density at radius 3 is 2.65 bits per heavy atom. The largest absolute Gasteiger partial charge is 0.379 e. The van der Waals surface area contributed by atoms with Crippen molar-refractivity contribution in [2.45, 2.75) is 11.4 Å². The number of hydrogen-bond donors (Lipinski definition) is 2. The van der Waals surface area contributed by atoms with E-state index in [1.54, 1.807) is 18.2 Å².